The van der Waals surface area contributed by atoms with Crippen molar-refractivity contribution in [3.05, 3.63) is 17.7 Å². The molecule has 1 aromatic carbocycles. The number of likely N-dealkylation sites (tertiary alicyclic amines) is 1. The van der Waals surface area contributed by atoms with Gasteiger partial charge in [-0.15, -0.1) is 0 Å². The number of primary amides is 1. The van der Waals surface area contributed by atoms with Crippen LogP contribution in [0.1, 0.15) is 31.7 Å². The Hall–Kier alpha value is -2.44. The number of nitrogens with zero attached hydrogens (tertiary/aromatic N) is 1. The van der Waals surface area contributed by atoms with Gasteiger partial charge < -0.3 is 24.8 Å². The minimum absolute atomic E-state index is 0.0252. The molecule has 1 fully saturated rings. The Morgan fingerprint density at radius 2 is 1.73 bits per heavy atom. The van der Waals surface area contributed by atoms with Gasteiger partial charge in [-0.25, -0.2) is 0 Å². The minimum Gasteiger partial charge on any atom is -0.493 e. The van der Waals surface area contributed by atoms with Crippen molar-refractivity contribution >= 4 is 11.8 Å². The predicted molar refractivity (Wildman–Crippen MR) is 97.5 cm³/mol. The Morgan fingerprint density at radius 1 is 1.12 bits per heavy atom. The molecule has 0 radical (unpaired) electrons. The van der Waals surface area contributed by atoms with Gasteiger partial charge in [-0.1, -0.05) is 0 Å². The second-order valence-corrected chi connectivity index (χ2v) is 6.61. The number of rotatable bonds is 7. The van der Waals surface area contributed by atoms with E-state index in [2.05, 4.69) is 0 Å². The lowest BCUT2D eigenvalue weighted by molar-refractivity contribution is -0.137. The fourth-order valence-electron chi connectivity index (χ4n) is 3.36. The maximum absolute atomic E-state index is 12.7. The van der Waals surface area contributed by atoms with Gasteiger partial charge in [0.1, 0.15) is 0 Å². The van der Waals surface area contributed by atoms with E-state index in [9.17, 15) is 9.59 Å². The molecular formula is C19H28N2O5. The van der Waals surface area contributed by atoms with Gasteiger partial charge in [0.2, 0.25) is 17.6 Å². The third-order valence-corrected chi connectivity index (χ3v) is 4.96. The van der Waals surface area contributed by atoms with Gasteiger partial charge in [-0.3, -0.25) is 9.59 Å². The Labute approximate surface area is 154 Å². The second kappa shape index (κ2) is 8.78. The number of hydrogen-bond acceptors (Lipinski definition) is 5. The number of nitrogens with two attached hydrogens (primary N) is 1. The molecule has 0 unspecified atom stereocenters. The first-order valence-electron chi connectivity index (χ1n) is 8.78. The van der Waals surface area contributed by atoms with Crippen LogP contribution in [0.5, 0.6) is 17.2 Å². The normalized spacial score (nSPS) is 19.8. The zero-order valence-corrected chi connectivity index (χ0v) is 15.9. The van der Waals surface area contributed by atoms with Gasteiger partial charge in [0.15, 0.2) is 11.5 Å². The monoisotopic (exact) mass is 364 g/mol. The van der Waals surface area contributed by atoms with Crippen molar-refractivity contribution in [2.24, 2.45) is 11.7 Å². The standard InChI is InChI=1S/C19H28N2O5/c1-12-5-7-14(19(20)23)11-21(12)17(22)8-6-13-9-15(24-2)18(26-4)16(10-13)25-3/h9-10,12,14H,5-8,11H2,1-4H3,(H2,20,23)/t12-,14+/m1/s1. The maximum Gasteiger partial charge on any atom is 0.223 e. The summed E-state index contributed by atoms with van der Waals surface area (Å²) in [4.78, 5) is 25.9. The van der Waals surface area contributed by atoms with Crippen LogP contribution in [0.25, 0.3) is 0 Å². The molecule has 7 nitrogen and oxygen atoms in total. The highest BCUT2D eigenvalue weighted by atomic mass is 16.5. The number of piperidine rings is 1. The molecule has 1 heterocycles. The fraction of sp³-hybridized carbons (Fsp3) is 0.579. The van der Waals surface area contributed by atoms with E-state index in [-0.39, 0.29) is 23.8 Å². The summed E-state index contributed by atoms with van der Waals surface area (Å²) in [6, 6.07) is 3.82. The minimum atomic E-state index is -0.334. The van der Waals surface area contributed by atoms with Gasteiger partial charge in [-0.05, 0) is 43.9 Å². The zero-order chi connectivity index (χ0) is 19.3. The average molecular weight is 364 g/mol. The van der Waals surface area contributed by atoms with Gasteiger partial charge in [0.05, 0.1) is 27.2 Å². The average Bonchev–Trinajstić information content (AvgIpc) is 2.65. The summed E-state index contributed by atoms with van der Waals surface area (Å²) < 4.78 is 16.0. The molecule has 144 valence electrons. The van der Waals surface area contributed by atoms with Gasteiger partial charge in [0.25, 0.3) is 0 Å². The molecule has 2 N–H and O–H groups in total. The van der Waals surface area contributed by atoms with E-state index in [0.717, 1.165) is 18.4 Å². The molecule has 1 aromatic rings. The van der Waals surface area contributed by atoms with Crippen LogP contribution in [0.15, 0.2) is 12.1 Å². The molecule has 7 heteroatoms. The Bertz CT molecular complexity index is 636. The van der Waals surface area contributed by atoms with Crippen molar-refractivity contribution in [2.75, 3.05) is 27.9 Å². The molecule has 0 aliphatic carbocycles. The van der Waals surface area contributed by atoms with Gasteiger partial charge in [0, 0.05) is 19.0 Å². The van der Waals surface area contributed by atoms with Crippen LogP contribution in [0.2, 0.25) is 0 Å². The molecular weight excluding hydrogens is 336 g/mol. The lowest BCUT2D eigenvalue weighted by Gasteiger charge is -2.37. The van der Waals surface area contributed by atoms with Crippen LogP contribution < -0.4 is 19.9 Å². The van der Waals surface area contributed by atoms with E-state index in [0.29, 0.717) is 36.6 Å². The smallest absolute Gasteiger partial charge is 0.223 e. The number of aryl methyl sites for hydroxylation is 1. The molecule has 0 aromatic heterocycles. The van der Waals surface area contributed by atoms with Crippen LogP contribution in [0.4, 0.5) is 0 Å². The highest BCUT2D eigenvalue weighted by Gasteiger charge is 2.31. The summed E-state index contributed by atoms with van der Waals surface area (Å²) in [7, 11) is 4.67. The maximum atomic E-state index is 12.7. The molecule has 1 saturated heterocycles. The first-order chi connectivity index (χ1) is 12.4. The first kappa shape index (κ1) is 19.9. The van der Waals surface area contributed by atoms with Crippen molar-refractivity contribution in [2.45, 2.75) is 38.6 Å². The fourth-order valence-corrected chi connectivity index (χ4v) is 3.36. The molecule has 2 amide bonds. The number of hydrogen-bond donors (Lipinski definition) is 1. The molecule has 1 aliphatic rings. The van der Waals surface area contributed by atoms with Gasteiger partial charge >= 0.3 is 0 Å². The lowest BCUT2D eigenvalue weighted by atomic mass is 9.92. The zero-order valence-electron chi connectivity index (χ0n) is 15.9. The van der Waals surface area contributed by atoms with Crippen LogP contribution >= 0.6 is 0 Å². The van der Waals surface area contributed by atoms with E-state index < -0.39 is 0 Å². The SMILES string of the molecule is COc1cc(CCC(=O)N2C[C@@H](C(N)=O)CC[C@H]2C)cc(OC)c1OC. The highest BCUT2D eigenvalue weighted by molar-refractivity contribution is 5.80. The predicted octanol–water partition coefficient (Wildman–Crippen LogP) is 1.76. The molecule has 0 spiro atoms. The van der Waals surface area contributed by atoms with E-state index in [1.165, 1.54) is 0 Å². The van der Waals surface area contributed by atoms with Crippen LogP contribution in [0, 0.1) is 5.92 Å². The Kier molecular flexibility index (Phi) is 6.71. The van der Waals surface area contributed by atoms with Crippen LogP contribution in [-0.2, 0) is 16.0 Å². The number of benzene rings is 1. The molecule has 0 saturated carbocycles. The number of amides is 2. The van der Waals surface area contributed by atoms with Crippen molar-refractivity contribution in [3.8, 4) is 17.2 Å². The molecule has 1 aliphatic heterocycles. The Morgan fingerprint density at radius 3 is 2.23 bits per heavy atom. The van der Waals surface area contributed by atoms with Crippen molar-refractivity contribution in [1.29, 1.82) is 0 Å². The number of carbonyl (C=O) groups excluding carboxylic acids is 2. The summed E-state index contributed by atoms with van der Waals surface area (Å²) in [6.45, 7) is 2.42. The number of ether oxygens (including phenoxy) is 3. The third kappa shape index (κ3) is 4.39. The van der Waals surface area contributed by atoms with Gasteiger partial charge in [-0.2, -0.15) is 0 Å². The number of methoxy groups -OCH3 is 3. The second-order valence-electron chi connectivity index (χ2n) is 6.61. The third-order valence-electron chi connectivity index (χ3n) is 4.96. The molecule has 26 heavy (non-hydrogen) atoms. The number of carbonyl (C=O) groups is 2. The molecule has 0 bridgehead atoms. The van der Waals surface area contributed by atoms with E-state index in [4.69, 9.17) is 19.9 Å². The largest absolute Gasteiger partial charge is 0.493 e. The highest BCUT2D eigenvalue weighted by Crippen LogP contribution is 2.38. The Balaban J connectivity index is 2.07. The quantitative estimate of drug-likeness (QED) is 0.796. The lowest BCUT2D eigenvalue weighted by Crippen LogP contribution is -2.48. The van der Waals surface area contributed by atoms with Crippen molar-refractivity contribution in [3.63, 3.8) is 0 Å². The summed E-state index contributed by atoms with van der Waals surface area (Å²) in [6.07, 6.45) is 2.42. The summed E-state index contributed by atoms with van der Waals surface area (Å²) >= 11 is 0. The van der Waals surface area contributed by atoms with E-state index in [1.807, 2.05) is 19.1 Å². The van der Waals surface area contributed by atoms with E-state index >= 15 is 0 Å². The topological polar surface area (TPSA) is 91.1 Å². The molecule has 2 atom stereocenters. The summed E-state index contributed by atoms with van der Waals surface area (Å²) in [5, 5.41) is 0. The van der Waals surface area contributed by atoms with Crippen molar-refractivity contribution < 1.29 is 23.8 Å². The summed E-state index contributed by atoms with van der Waals surface area (Å²) in [5.41, 5.74) is 6.34. The first-order valence-corrected chi connectivity index (χ1v) is 8.78. The van der Waals surface area contributed by atoms with Crippen molar-refractivity contribution in [1.82, 2.24) is 4.90 Å². The summed E-state index contributed by atoms with van der Waals surface area (Å²) in [5.74, 6) is 1.09. The van der Waals surface area contributed by atoms with Crippen LogP contribution in [0.3, 0.4) is 0 Å². The molecule has 2 rings (SSSR count). The van der Waals surface area contributed by atoms with Crippen LogP contribution in [-0.4, -0.2) is 50.6 Å². The van der Waals surface area contributed by atoms with E-state index in [1.54, 1.807) is 26.2 Å².